The third-order valence-electron chi connectivity index (χ3n) is 3.53. The molecular formula is C14H23N3O3S. The van der Waals surface area contributed by atoms with Gasteiger partial charge in [0.15, 0.2) is 0 Å². The normalized spacial score (nSPS) is 20.7. The first-order valence-electron chi connectivity index (χ1n) is 7.07. The summed E-state index contributed by atoms with van der Waals surface area (Å²) < 4.78 is 31.8. The topological polar surface area (TPSA) is 62.7 Å². The SMILES string of the molecule is CC(C)S(=O)(=O)N1CCO[C@H](c2cccc(N(C)C)n2)C1. The maximum atomic E-state index is 12.3. The van der Waals surface area contributed by atoms with Crippen LogP contribution < -0.4 is 4.90 Å². The molecule has 0 aliphatic carbocycles. The molecule has 0 radical (unpaired) electrons. The molecule has 1 aromatic rings. The first-order valence-corrected chi connectivity index (χ1v) is 8.57. The van der Waals surface area contributed by atoms with E-state index in [2.05, 4.69) is 4.98 Å². The van der Waals surface area contributed by atoms with Crippen LogP contribution in [0.2, 0.25) is 0 Å². The van der Waals surface area contributed by atoms with Crippen LogP contribution in [0.1, 0.15) is 25.6 Å². The van der Waals surface area contributed by atoms with Crippen molar-refractivity contribution in [2.24, 2.45) is 0 Å². The summed E-state index contributed by atoms with van der Waals surface area (Å²) in [6, 6.07) is 5.70. The number of pyridine rings is 1. The minimum absolute atomic E-state index is 0.313. The van der Waals surface area contributed by atoms with Gasteiger partial charge >= 0.3 is 0 Å². The Morgan fingerprint density at radius 3 is 2.71 bits per heavy atom. The second-order valence-electron chi connectivity index (χ2n) is 5.63. The number of ether oxygens (including phenoxy) is 1. The molecule has 0 aromatic carbocycles. The first kappa shape index (κ1) is 16.2. The third-order valence-corrected chi connectivity index (χ3v) is 5.77. The molecule has 0 saturated carbocycles. The molecule has 2 heterocycles. The molecule has 6 nitrogen and oxygen atoms in total. The van der Waals surface area contributed by atoms with E-state index < -0.39 is 15.3 Å². The molecule has 1 atom stereocenters. The minimum Gasteiger partial charge on any atom is -0.369 e. The fourth-order valence-electron chi connectivity index (χ4n) is 2.20. The number of morpholine rings is 1. The highest BCUT2D eigenvalue weighted by Crippen LogP contribution is 2.25. The molecule has 0 bridgehead atoms. The minimum atomic E-state index is -3.25. The van der Waals surface area contributed by atoms with E-state index in [1.807, 2.05) is 37.2 Å². The summed E-state index contributed by atoms with van der Waals surface area (Å²) >= 11 is 0. The van der Waals surface area contributed by atoms with Crippen molar-refractivity contribution in [3.05, 3.63) is 23.9 Å². The third kappa shape index (κ3) is 3.53. The number of sulfonamides is 1. The number of hydrogen-bond acceptors (Lipinski definition) is 5. The van der Waals surface area contributed by atoms with Crippen LogP contribution in [-0.2, 0) is 14.8 Å². The van der Waals surface area contributed by atoms with Gasteiger partial charge in [0, 0.05) is 27.2 Å². The largest absolute Gasteiger partial charge is 0.369 e. The lowest BCUT2D eigenvalue weighted by Gasteiger charge is -2.33. The molecule has 7 heteroatoms. The molecule has 0 amide bonds. The number of aromatic nitrogens is 1. The molecule has 1 aliphatic heterocycles. The summed E-state index contributed by atoms with van der Waals surface area (Å²) in [4.78, 5) is 6.45. The second-order valence-corrected chi connectivity index (χ2v) is 8.12. The van der Waals surface area contributed by atoms with E-state index in [1.54, 1.807) is 13.8 Å². The quantitative estimate of drug-likeness (QED) is 0.837. The van der Waals surface area contributed by atoms with Crippen molar-refractivity contribution < 1.29 is 13.2 Å². The van der Waals surface area contributed by atoms with E-state index in [9.17, 15) is 8.42 Å². The highest BCUT2D eigenvalue weighted by atomic mass is 32.2. The van der Waals surface area contributed by atoms with Crippen LogP contribution in [-0.4, -0.2) is 56.7 Å². The van der Waals surface area contributed by atoms with Crippen LogP contribution in [0.3, 0.4) is 0 Å². The standard InChI is InChI=1S/C14H23N3O3S/c1-11(2)21(18,19)17-8-9-20-13(10-17)12-6-5-7-14(15-12)16(3)4/h5-7,11,13H,8-10H2,1-4H3/t13-/m0/s1. The fraction of sp³-hybridized carbons (Fsp3) is 0.643. The van der Waals surface area contributed by atoms with E-state index in [4.69, 9.17) is 4.74 Å². The molecule has 1 aromatic heterocycles. The molecule has 1 aliphatic rings. The van der Waals surface area contributed by atoms with Crippen LogP contribution in [0.15, 0.2) is 18.2 Å². The summed E-state index contributed by atoms with van der Waals surface area (Å²) in [6.45, 7) is 4.52. The fourth-order valence-corrected chi connectivity index (χ4v) is 3.47. The smallest absolute Gasteiger partial charge is 0.216 e. The van der Waals surface area contributed by atoms with Crippen LogP contribution in [0.5, 0.6) is 0 Å². The maximum Gasteiger partial charge on any atom is 0.216 e. The van der Waals surface area contributed by atoms with E-state index in [-0.39, 0.29) is 6.10 Å². The lowest BCUT2D eigenvalue weighted by Crippen LogP contribution is -2.45. The van der Waals surface area contributed by atoms with Gasteiger partial charge in [-0.15, -0.1) is 0 Å². The molecule has 0 spiro atoms. The first-order chi connectivity index (χ1) is 9.82. The molecule has 1 saturated heterocycles. The Bertz CT molecular complexity index is 587. The average molecular weight is 313 g/mol. The summed E-state index contributed by atoms with van der Waals surface area (Å²) in [5.74, 6) is 0.833. The van der Waals surface area contributed by atoms with Gasteiger partial charge in [-0.3, -0.25) is 0 Å². The molecule has 21 heavy (non-hydrogen) atoms. The van der Waals surface area contributed by atoms with Crippen molar-refractivity contribution in [3.8, 4) is 0 Å². The maximum absolute atomic E-state index is 12.3. The molecule has 0 N–H and O–H groups in total. The van der Waals surface area contributed by atoms with Gasteiger partial charge in [0.1, 0.15) is 11.9 Å². The summed E-state index contributed by atoms with van der Waals surface area (Å²) in [6.07, 6.45) is -0.313. The molecule has 0 unspecified atom stereocenters. The van der Waals surface area contributed by atoms with Gasteiger partial charge < -0.3 is 9.64 Å². The van der Waals surface area contributed by atoms with Gasteiger partial charge in [0.05, 0.1) is 17.6 Å². The zero-order valence-corrected chi connectivity index (χ0v) is 13.8. The van der Waals surface area contributed by atoms with Gasteiger partial charge in [-0.2, -0.15) is 4.31 Å². The Kier molecular flexibility index (Phi) is 4.85. The van der Waals surface area contributed by atoms with Gasteiger partial charge in [-0.05, 0) is 26.0 Å². The van der Waals surface area contributed by atoms with Crippen LogP contribution in [0.4, 0.5) is 5.82 Å². The predicted molar refractivity (Wildman–Crippen MR) is 82.9 cm³/mol. The van der Waals surface area contributed by atoms with Gasteiger partial charge in [-0.1, -0.05) is 6.07 Å². The van der Waals surface area contributed by atoms with Crippen LogP contribution in [0.25, 0.3) is 0 Å². The van der Waals surface area contributed by atoms with Crippen molar-refractivity contribution in [1.82, 2.24) is 9.29 Å². The lowest BCUT2D eigenvalue weighted by molar-refractivity contribution is -0.00507. The van der Waals surface area contributed by atoms with Crippen molar-refractivity contribution >= 4 is 15.8 Å². The highest BCUT2D eigenvalue weighted by Gasteiger charge is 2.32. The van der Waals surface area contributed by atoms with Crippen molar-refractivity contribution in [2.45, 2.75) is 25.2 Å². The molecule has 1 fully saturated rings. The predicted octanol–water partition coefficient (Wildman–Crippen LogP) is 1.26. The number of nitrogens with zero attached hydrogens (tertiary/aromatic N) is 3. The number of hydrogen-bond donors (Lipinski definition) is 0. The molecule has 118 valence electrons. The van der Waals surface area contributed by atoms with Crippen molar-refractivity contribution in [2.75, 3.05) is 38.7 Å². The summed E-state index contributed by atoms with van der Waals surface area (Å²) in [5, 5.41) is -0.419. The number of rotatable bonds is 4. The lowest BCUT2D eigenvalue weighted by atomic mass is 10.2. The van der Waals surface area contributed by atoms with E-state index in [0.29, 0.717) is 19.7 Å². The monoisotopic (exact) mass is 313 g/mol. The Morgan fingerprint density at radius 2 is 2.10 bits per heavy atom. The zero-order valence-electron chi connectivity index (χ0n) is 13.0. The van der Waals surface area contributed by atoms with Gasteiger partial charge in [0.25, 0.3) is 0 Å². The highest BCUT2D eigenvalue weighted by molar-refractivity contribution is 7.89. The van der Waals surface area contributed by atoms with Crippen molar-refractivity contribution in [1.29, 1.82) is 0 Å². The molecular weight excluding hydrogens is 290 g/mol. The van der Waals surface area contributed by atoms with Crippen LogP contribution >= 0.6 is 0 Å². The van der Waals surface area contributed by atoms with Gasteiger partial charge in [0.2, 0.25) is 10.0 Å². The Morgan fingerprint density at radius 1 is 1.38 bits per heavy atom. The van der Waals surface area contributed by atoms with Gasteiger partial charge in [-0.25, -0.2) is 13.4 Å². The zero-order chi connectivity index (χ0) is 15.6. The van der Waals surface area contributed by atoms with Crippen molar-refractivity contribution in [3.63, 3.8) is 0 Å². The average Bonchev–Trinajstić information content (AvgIpc) is 2.47. The van der Waals surface area contributed by atoms with Crippen LogP contribution in [0, 0.1) is 0 Å². The van der Waals surface area contributed by atoms with E-state index in [1.165, 1.54) is 4.31 Å². The molecule has 2 rings (SSSR count). The van der Waals surface area contributed by atoms with E-state index >= 15 is 0 Å². The van der Waals surface area contributed by atoms with E-state index in [0.717, 1.165) is 11.5 Å². The summed E-state index contributed by atoms with van der Waals surface area (Å²) in [5.41, 5.74) is 0.768. The number of anilines is 1. The second kappa shape index (κ2) is 6.29. The Labute approximate surface area is 126 Å². The Balaban J connectivity index is 2.20. The Hall–Kier alpha value is -1.18. The summed E-state index contributed by atoms with van der Waals surface area (Å²) in [7, 11) is 0.588.